The van der Waals surface area contributed by atoms with Crippen LogP contribution in [0.1, 0.15) is 50.5 Å². The molecule has 0 saturated carbocycles. The number of aromatic nitrogens is 2. The standard InChI is InChI=1S/C27H25F2N5O6/c1-27(2,3)40-26(39)33-17-9-14(29)8-16-19(17)20(30-31-23(16)36)22(21(33)12-4-6-13(28)7-5-12)34-24(37)18-10-15(35)11-32(18)25(34)38/h4-9,15,18,21-22,35H,10-11H2,1-3H3,(H,31,36)/t15-,18+,21?,22?/m1/s1. The van der Waals surface area contributed by atoms with Crippen molar-refractivity contribution in [2.45, 2.75) is 57.0 Å². The molecule has 0 radical (unpaired) electrons. The van der Waals surface area contributed by atoms with E-state index in [-0.39, 0.29) is 35.1 Å². The molecule has 3 aliphatic rings. The number of hydrogen-bond donors (Lipinski definition) is 2. The molecule has 11 nitrogen and oxygen atoms in total. The van der Waals surface area contributed by atoms with Gasteiger partial charge in [-0.15, -0.1) is 0 Å². The van der Waals surface area contributed by atoms with Gasteiger partial charge in [-0.2, -0.15) is 5.10 Å². The number of H-pyrrole nitrogens is 1. The van der Waals surface area contributed by atoms with Gasteiger partial charge in [0.2, 0.25) is 0 Å². The minimum absolute atomic E-state index is 0.0288. The number of carbonyl (C=O) groups is 3. The number of benzene rings is 2. The van der Waals surface area contributed by atoms with Crippen molar-refractivity contribution in [2.75, 3.05) is 11.4 Å². The topological polar surface area (TPSA) is 136 Å². The van der Waals surface area contributed by atoms with Crippen LogP contribution in [0.4, 0.5) is 24.1 Å². The number of aliphatic hydroxyl groups is 1. The molecule has 0 bridgehead atoms. The molecule has 2 N–H and O–H groups in total. The lowest BCUT2D eigenvalue weighted by Gasteiger charge is -2.44. The van der Waals surface area contributed by atoms with Crippen LogP contribution in [0.3, 0.4) is 0 Å². The van der Waals surface area contributed by atoms with Crippen molar-refractivity contribution in [1.29, 1.82) is 0 Å². The normalized spacial score (nSPS) is 24.2. The maximum absolute atomic E-state index is 14.9. The molecule has 4 heterocycles. The zero-order chi connectivity index (χ0) is 28.7. The summed E-state index contributed by atoms with van der Waals surface area (Å²) in [6.07, 6.45) is -1.79. The van der Waals surface area contributed by atoms with Crippen LogP contribution in [0.25, 0.3) is 10.8 Å². The number of aliphatic hydroxyl groups excluding tert-OH is 1. The number of urea groups is 1. The summed E-state index contributed by atoms with van der Waals surface area (Å²) < 4.78 is 34.6. The minimum atomic E-state index is -1.32. The van der Waals surface area contributed by atoms with E-state index in [1.165, 1.54) is 17.0 Å². The Morgan fingerprint density at radius 3 is 2.42 bits per heavy atom. The zero-order valence-electron chi connectivity index (χ0n) is 21.7. The molecule has 0 aliphatic carbocycles. The molecule has 6 rings (SSSR count). The van der Waals surface area contributed by atoms with Crippen molar-refractivity contribution in [1.82, 2.24) is 20.0 Å². The Hall–Kier alpha value is -4.39. The Bertz CT molecular complexity index is 1610. The van der Waals surface area contributed by atoms with Crippen LogP contribution in [0.15, 0.2) is 41.2 Å². The fourth-order valence-electron chi connectivity index (χ4n) is 5.80. The summed E-state index contributed by atoms with van der Waals surface area (Å²) in [6.45, 7) is 4.83. The third-order valence-electron chi connectivity index (χ3n) is 7.31. The summed E-state index contributed by atoms with van der Waals surface area (Å²) in [7, 11) is 0. The lowest BCUT2D eigenvalue weighted by Crippen LogP contribution is -2.50. The Morgan fingerprint density at radius 2 is 1.77 bits per heavy atom. The van der Waals surface area contributed by atoms with Crippen LogP contribution in [-0.2, 0) is 9.53 Å². The molecule has 2 saturated heterocycles. The van der Waals surface area contributed by atoms with E-state index in [2.05, 4.69) is 10.2 Å². The SMILES string of the molecule is CC(C)(C)OC(=O)N1c2cc(F)cc3c(=O)[nH]nc(c23)C(N2C(=O)[C@@H]3C[C@@H](O)CN3C2=O)C1c1ccc(F)cc1. The minimum Gasteiger partial charge on any atom is -0.443 e. The molecule has 3 aromatic rings. The molecule has 1 aromatic heterocycles. The van der Waals surface area contributed by atoms with Gasteiger partial charge >= 0.3 is 12.1 Å². The summed E-state index contributed by atoms with van der Waals surface area (Å²) >= 11 is 0. The predicted molar refractivity (Wildman–Crippen MR) is 136 cm³/mol. The Morgan fingerprint density at radius 1 is 1.07 bits per heavy atom. The molecule has 2 unspecified atom stereocenters. The largest absolute Gasteiger partial charge is 0.443 e. The van der Waals surface area contributed by atoms with E-state index in [1.807, 2.05) is 0 Å². The summed E-state index contributed by atoms with van der Waals surface area (Å²) in [6, 6.07) is 2.87. The van der Waals surface area contributed by atoms with Crippen LogP contribution in [0.2, 0.25) is 0 Å². The van der Waals surface area contributed by atoms with Crippen molar-refractivity contribution in [3.63, 3.8) is 0 Å². The zero-order valence-corrected chi connectivity index (χ0v) is 21.7. The Labute approximate surface area is 225 Å². The molecule has 13 heteroatoms. The number of hydrogen-bond acceptors (Lipinski definition) is 7. The van der Waals surface area contributed by atoms with E-state index in [0.717, 1.165) is 34.1 Å². The molecule has 2 aromatic carbocycles. The smallest absolute Gasteiger partial charge is 0.415 e. The van der Waals surface area contributed by atoms with E-state index in [0.29, 0.717) is 5.56 Å². The van der Waals surface area contributed by atoms with Gasteiger partial charge in [0, 0.05) is 18.4 Å². The van der Waals surface area contributed by atoms with E-state index in [1.54, 1.807) is 20.8 Å². The first-order valence-electron chi connectivity index (χ1n) is 12.7. The second-order valence-electron chi connectivity index (χ2n) is 11.1. The van der Waals surface area contributed by atoms with Gasteiger partial charge in [-0.1, -0.05) is 12.1 Å². The van der Waals surface area contributed by atoms with Crippen molar-refractivity contribution < 1.29 is 33.0 Å². The van der Waals surface area contributed by atoms with Gasteiger partial charge in [0.05, 0.1) is 28.9 Å². The number of rotatable bonds is 2. The molecule has 40 heavy (non-hydrogen) atoms. The van der Waals surface area contributed by atoms with E-state index < -0.39 is 65.1 Å². The highest BCUT2D eigenvalue weighted by molar-refractivity contribution is 6.08. The average Bonchev–Trinajstić information content (AvgIpc) is 3.36. The number of aromatic amines is 1. The summed E-state index contributed by atoms with van der Waals surface area (Å²) in [5, 5.41) is 16.5. The van der Waals surface area contributed by atoms with Crippen molar-refractivity contribution in [3.8, 4) is 0 Å². The van der Waals surface area contributed by atoms with Crippen LogP contribution >= 0.6 is 0 Å². The highest BCUT2D eigenvalue weighted by atomic mass is 19.1. The number of imide groups is 1. The van der Waals surface area contributed by atoms with Gasteiger partial charge in [-0.3, -0.25) is 19.4 Å². The van der Waals surface area contributed by atoms with Crippen LogP contribution in [-0.4, -0.2) is 67.4 Å². The first-order chi connectivity index (χ1) is 18.9. The van der Waals surface area contributed by atoms with Gasteiger partial charge in [-0.25, -0.2) is 23.5 Å². The third-order valence-corrected chi connectivity index (χ3v) is 7.31. The van der Waals surface area contributed by atoms with Crippen LogP contribution < -0.4 is 10.5 Å². The highest BCUT2D eigenvalue weighted by Gasteiger charge is 2.57. The first-order valence-corrected chi connectivity index (χ1v) is 12.7. The number of fused-ring (bicyclic) bond motifs is 1. The lowest BCUT2D eigenvalue weighted by atomic mass is 9.86. The van der Waals surface area contributed by atoms with Crippen LogP contribution in [0, 0.1) is 11.6 Å². The van der Waals surface area contributed by atoms with Crippen molar-refractivity contribution in [3.05, 3.63) is 69.6 Å². The fraction of sp³-hybridized carbons (Fsp3) is 0.370. The van der Waals surface area contributed by atoms with Gasteiger partial charge in [0.25, 0.3) is 11.5 Å². The summed E-state index contributed by atoms with van der Waals surface area (Å²) in [5.74, 6) is -2.02. The molecule has 2 fully saturated rings. The second-order valence-corrected chi connectivity index (χ2v) is 11.1. The van der Waals surface area contributed by atoms with Crippen molar-refractivity contribution in [2.24, 2.45) is 0 Å². The number of ether oxygens (including phenoxy) is 1. The van der Waals surface area contributed by atoms with Gasteiger partial charge in [-0.05, 0) is 50.6 Å². The Balaban J connectivity index is 1.66. The maximum Gasteiger partial charge on any atom is 0.415 e. The lowest BCUT2D eigenvalue weighted by molar-refractivity contribution is -0.130. The molecular weight excluding hydrogens is 528 g/mol. The monoisotopic (exact) mass is 553 g/mol. The number of nitrogens with zero attached hydrogens (tertiary/aromatic N) is 4. The molecule has 4 amide bonds. The average molecular weight is 554 g/mol. The summed E-state index contributed by atoms with van der Waals surface area (Å²) in [5.41, 5.74) is -1.47. The van der Waals surface area contributed by atoms with Gasteiger partial charge < -0.3 is 14.7 Å². The van der Waals surface area contributed by atoms with Gasteiger partial charge in [0.1, 0.15) is 29.3 Å². The number of carbonyl (C=O) groups excluding carboxylic acids is 3. The quantitative estimate of drug-likeness (QED) is 0.466. The van der Waals surface area contributed by atoms with Crippen molar-refractivity contribution >= 4 is 34.5 Å². The molecule has 3 aliphatic heterocycles. The maximum atomic E-state index is 14.9. The summed E-state index contributed by atoms with van der Waals surface area (Å²) in [4.78, 5) is 57.3. The Kier molecular flexibility index (Phi) is 5.70. The third kappa shape index (κ3) is 3.91. The second kappa shape index (κ2) is 8.81. The van der Waals surface area contributed by atoms with Crippen LogP contribution in [0.5, 0.6) is 0 Å². The van der Waals surface area contributed by atoms with E-state index >= 15 is 0 Å². The molecule has 208 valence electrons. The highest BCUT2D eigenvalue weighted by Crippen LogP contribution is 2.51. The molecular formula is C27H25F2N5O6. The number of amides is 4. The number of halogens is 2. The first kappa shape index (κ1) is 25.9. The number of nitrogens with one attached hydrogen (secondary N) is 1. The molecule has 4 atom stereocenters. The molecule has 0 spiro atoms. The van der Waals surface area contributed by atoms with Gasteiger partial charge in [0.15, 0.2) is 0 Å². The fourth-order valence-corrected chi connectivity index (χ4v) is 5.80. The van der Waals surface area contributed by atoms with E-state index in [4.69, 9.17) is 4.74 Å². The van der Waals surface area contributed by atoms with E-state index in [9.17, 15) is 33.1 Å². The number of anilines is 1. The predicted octanol–water partition coefficient (Wildman–Crippen LogP) is 3.14.